The van der Waals surface area contributed by atoms with Gasteiger partial charge in [0, 0.05) is 30.7 Å². The topological polar surface area (TPSA) is 71.7 Å². The Labute approximate surface area is 228 Å². The zero-order valence-corrected chi connectivity index (χ0v) is 23.5. The van der Waals surface area contributed by atoms with Gasteiger partial charge in [0.15, 0.2) is 6.10 Å². The lowest BCUT2D eigenvalue weighted by Gasteiger charge is -2.30. The van der Waals surface area contributed by atoms with Gasteiger partial charge >= 0.3 is 5.97 Å². The van der Waals surface area contributed by atoms with Crippen molar-refractivity contribution in [2.75, 3.05) is 13.7 Å². The third-order valence-electron chi connectivity index (χ3n) is 7.34. The van der Waals surface area contributed by atoms with Crippen LogP contribution < -0.4 is 10.3 Å². The lowest BCUT2D eigenvalue weighted by atomic mass is 9.89. The predicted octanol–water partition coefficient (Wildman–Crippen LogP) is 5.72. The van der Waals surface area contributed by atoms with Gasteiger partial charge in [-0.2, -0.15) is 0 Å². The number of rotatable bonds is 6. The number of ether oxygens (including phenoxy) is 3. The van der Waals surface area contributed by atoms with Crippen LogP contribution in [0.5, 0.6) is 5.75 Å². The summed E-state index contributed by atoms with van der Waals surface area (Å²) < 4.78 is 21.0. The van der Waals surface area contributed by atoms with Gasteiger partial charge in [0.2, 0.25) is 0 Å². The van der Waals surface area contributed by atoms with E-state index in [1.807, 2.05) is 80.1 Å². The van der Waals surface area contributed by atoms with E-state index in [2.05, 4.69) is 6.92 Å². The van der Waals surface area contributed by atoms with Crippen molar-refractivity contribution in [3.05, 3.63) is 87.5 Å². The standard InChI is InChI=1S/C32H36N2O5/c1-20-22-13-10-18-38-25(22)15-14-23(20)26-24-16-17-34(19-21-11-8-7-9-12-21)27(24)30(35)33(5)28(26)29(31(36)37-6)39-32(2,3)4/h7-9,11-12,14-17,29H,10,13,18-19H2,1-6H3. The molecular weight excluding hydrogens is 492 g/mol. The summed E-state index contributed by atoms with van der Waals surface area (Å²) in [6.07, 6.45) is 2.70. The molecule has 1 aliphatic heterocycles. The lowest BCUT2D eigenvalue weighted by Crippen LogP contribution is -2.34. The summed E-state index contributed by atoms with van der Waals surface area (Å²) >= 11 is 0. The number of methoxy groups -OCH3 is 1. The van der Waals surface area contributed by atoms with Crippen molar-refractivity contribution in [2.24, 2.45) is 7.05 Å². The highest BCUT2D eigenvalue weighted by atomic mass is 16.6. The molecule has 0 N–H and O–H groups in total. The number of esters is 1. The third kappa shape index (κ3) is 4.99. The zero-order chi connectivity index (χ0) is 27.9. The molecule has 0 aliphatic carbocycles. The number of carbonyl (C=O) groups is 1. The molecule has 0 bridgehead atoms. The number of pyridine rings is 1. The van der Waals surface area contributed by atoms with E-state index in [-0.39, 0.29) is 5.56 Å². The van der Waals surface area contributed by atoms with Crippen molar-refractivity contribution >= 4 is 16.9 Å². The molecule has 1 atom stereocenters. The van der Waals surface area contributed by atoms with E-state index in [0.29, 0.717) is 24.4 Å². The van der Waals surface area contributed by atoms with Gasteiger partial charge in [0.25, 0.3) is 5.56 Å². The second-order valence-corrected chi connectivity index (χ2v) is 11.1. The summed E-state index contributed by atoms with van der Waals surface area (Å²) in [6.45, 7) is 9.00. The van der Waals surface area contributed by atoms with Crippen LogP contribution in [0.2, 0.25) is 0 Å². The van der Waals surface area contributed by atoms with Crippen LogP contribution in [0.1, 0.15) is 55.7 Å². The van der Waals surface area contributed by atoms with E-state index in [1.54, 1.807) is 11.6 Å². The molecule has 39 heavy (non-hydrogen) atoms. The molecule has 2 aromatic carbocycles. The fourth-order valence-corrected chi connectivity index (χ4v) is 5.54. The molecule has 0 radical (unpaired) electrons. The van der Waals surface area contributed by atoms with Gasteiger partial charge in [-0.1, -0.05) is 36.4 Å². The quantitative estimate of drug-likeness (QED) is 0.300. The first kappa shape index (κ1) is 26.8. The van der Waals surface area contributed by atoms with Crippen LogP contribution in [-0.2, 0) is 34.3 Å². The van der Waals surface area contributed by atoms with Crippen LogP contribution in [0.15, 0.2) is 59.5 Å². The van der Waals surface area contributed by atoms with E-state index >= 15 is 0 Å². The number of carbonyl (C=O) groups excluding carboxylic acids is 1. The third-order valence-corrected chi connectivity index (χ3v) is 7.34. The Balaban J connectivity index is 1.84. The minimum absolute atomic E-state index is 0.199. The fraction of sp³-hybridized carbons (Fsp3) is 0.375. The highest BCUT2D eigenvalue weighted by molar-refractivity contribution is 5.99. The second-order valence-electron chi connectivity index (χ2n) is 11.1. The van der Waals surface area contributed by atoms with Crippen LogP contribution in [0, 0.1) is 6.92 Å². The molecule has 2 aromatic heterocycles. The number of hydrogen-bond acceptors (Lipinski definition) is 5. The number of nitrogens with zero attached hydrogens (tertiary/aromatic N) is 2. The highest BCUT2D eigenvalue weighted by Gasteiger charge is 2.35. The Kier molecular flexibility index (Phi) is 7.12. The molecule has 7 nitrogen and oxygen atoms in total. The van der Waals surface area contributed by atoms with E-state index in [9.17, 15) is 9.59 Å². The average molecular weight is 529 g/mol. The van der Waals surface area contributed by atoms with E-state index in [0.717, 1.165) is 51.8 Å². The number of hydrogen-bond donors (Lipinski definition) is 0. The summed E-state index contributed by atoms with van der Waals surface area (Å²) in [5, 5.41) is 0.773. The molecular formula is C32H36N2O5. The van der Waals surface area contributed by atoms with Gasteiger partial charge in [-0.25, -0.2) is 4.79 Å². The first-order chi connectivity index (χ1) is 18.6. The molecule has 0 spiro atoms. The van der Waals surface area contributed by atoms with Crippen LogP contribution in [0.25, 0.3) is 22.0 Å². The van der Waals surface area contributed by atoms with Crippen molar-refractivity contribution in [1.29, 1.82) is 0 Å². The molecule has 1 unspecified atom stereocenters. The van der Waals surface area contributed by atoms with Crippen molar-refractivity contribution in [1.82, 2.24) is 9.13 Å². The van der Waals surface area contributed by atoms with Crippen LogP contribution in [-0.4, -0.2) is 34.4 Å². The zero-order valence-electron chi connectivity index (χ0n) is 23.5. The smallest absolute Gasteiger partial charge is 0.341 e. The Morgan fingerprint density at radius 1 is 1.10 bits per heavy atom. The number of aromatic nitrogens is 2. The number of fused-ring (bicyclic) bond motifs is 2. The molecule has 0 saturated heterocycles. The molecule has 0 saturated carbocycles. The largest absolute Gasteiger partial charge is 0.493 e. The Morgan fingerprint density at radius 3 is 2.54 bits per heavy atom. The minimum Gasteiger partial charge on any atom is -0.493 e. The molecule has 3 heterocycles. The van der Waals surface area contributed by atoms with E-state index < -0.39 is 17.7 Å². The van der Waals surface area contributed by atoms with Gasteiger partial charge in [-0.3, -0.25) is 4.79 Å². The maximum atomic E-state index is 14.0. The predicted molar refractivity (Wildman–Crippen MR) is 152 cm³/mol. The van der Waals surface area contributed by atoms with Crippen molar-refractivity contribution in [3.8, 4) is 16.9 Å². The SMILES string of the molecule is COC(=O)C(OC(C)(C)C)c1c(-c2ccc3c(c2C)CCCO3)c2ccn(Cc3ccccc3)c2c(=O)n1C. The maximum Gasteiger partial charge on any atom is 0.341 e. The van der Waals surface area contributed by atoms with E-state index in [1.165, 1.54) is 7.11 Å². The summed E-state index contributed by atoms with van der Waals surface area (Å²) in [7, 11) is 3.05. The van der Waals surface area contributed by atoms with Crippen molar-refractivity contribution in [3.63, 3.8) is 0 Å². The van der Waals surface area contributed by atoms with Gasteiger partial charge in [-0.05, 0) is 74.9 Å². The molecule has 0 amide bonds. The first-order valence-electron chi connectivity index (χ1n) is 13.4. The lowest BCUT2D eigenvalue weighted by molar-refractivity contribution is -0.165. The fourth-order valence-electron chi connectivity index (χ4n) is 5.54. The Bertz CT molecular complexity index is 1590. The average Bonchev–Trinajstić information content (AvgIpc) is 3.33. The van der Waals surface area contributed by atoms with E-state index in [4.69, 9.17) is 14.2 Å². The van der Waals surface area contributed by atoms with Crippen LogP contribution in [0.4, 0.5) is 0 Å². The highest BCUT2D eigenvalue weighted by Crippen LogP contribution is 2.42. The molecule has 1 aliphatic rings. The van der Waals surface area contributed by atoms with Gasteiger partial charge < -0.3 is 23.3 Å². The van der Waals surface area contributed by atoms with Gasteiger partial charge in [0.1, 0.15) is 11.3 Å². The molecule has 4 aromatic rings. The monoisotopic (exact) mass is 528 g/mol. The minimum atomic E-state index is -1.10. The number of benzene rings is 2. The first-order valence-corrected chi connectivity index (χ1v) is 13.4. The molecule has 0 fully saturated rings. The van der Waals surface area contributed by atoms with Crippen LogP contribution in [0.3, 0.4) is 0 Å². The molecule has 7 heteroatoms. The normalized spacial score (nSPS) is 14.1. The Hall–Kier alpha value is -3.84. The van der Waals surface area contributed by atoms with Crippen molar-refractivity contribution in [2.45, 2.75) is 58.8 Å². The Morgan fingerprint density at radius 2 is 1.85 bits per heavy atom. The summed E-state index contributed by atoms with van der Waals surface area (Å²) in [5.74, 6) is 0.338. The maximum absolute atomic E-state index is 14.0. The van der Waals surface area contributed by atoms with Gasteiger partial charge in [0.05, 0.1) is 25.0 Å². The second kappa shape index (κ2) is 10.4. The summed E-state index contributed by atoms with van der Waals surface area (Å²) in [4.78, 5) is 27.3. The molecule has 204 valence electrons. The van der Waals surface area contributed by atoms with Crippen LogP contribution >= 0.6 is 0 Å². The summed E-state index contributed by atoms with van der Waals surface area (Å²) in [5.41, 5.74) is 5.25. The molecule has 5 rings (SSSR count). The van der Waals surface area contributed by atoms with Gasteiger partial charge in [-0.15, -0.1) is 0 Å². The van der Waals surface area contributed by atoms with Crippen molar-refractivity contribution < 1.29 is 19.0 Å². The summed E-state index contributed by atoms with van der Waals surface area (Å²) in [6, 6.07) is 16.1.